The van der Waals surface area contributed by atoms with E-state index in [9.17, 15) is 18.3 Å². The number of hydrogen-bond donors (Lipinski definition) is 1. The number of amides is 1. The Kier molecular flexibility index (Phi) is 5.45. The van der Waals surface area contributed by atoms with E-state index in [1.807, 2.05) is 0 Å². The van der Waals surface area contributed by atoms with Gasteiger partial charge in [-0.3, -0.25) is 4.79 Å². The summed E-state index contributed by atoms with van der Waals surface area (Å²) in [6.45, 7) is 1.22. The lowest BCUT2D eigenvalue weighted by Gasteiger charge is -2.33. The Morgan fingerprint density at radius 3 is 2.38 bits per heavy atom. The number of carbonyl (C=O) groups excluding carboxylic acids is 1. The SMILES string of the molecule is O=C(C[n+]1cccc(O)c1)N1CCN(S(=O)(=O)c2ccc(Cl)cc2)CC1. The molecule has 1 N–H and O–H groups in total. The average molecular weight is 397 g/mol. The highest BCUT2D eigenvalue weighted by Gasteiger charge is 2.30. The summed E-state index contributed by atoms with van der Waals surface area (Å²) in [7, 11) is -3.59. The van der Waals surface area contributed by atoms with Gasteiger partial charge in [-0.2, -0.15) is 8.87 Å². The summed E-state index contributed by atoms with van der Waals surface area (Å²) in [5.74, 6) is -0.0386. The van der Waals surface area contributed by atoms with Gasteiger partial charge in [0, 0.05) is 37.3 Å². The molecule has 3 rings (SSSR count). The molecule has 0 aliphatic carbocycles. The molecule has 1 saturated heterocycles. The number of pyridine rings is 1. The number of benzene rings is 1. The van der Waals surface area contributed by atoms with E-state index in [0.29, 0.717) is 18.1 Å². The molecule has 26 heavy (non-hydrogen) atoms. The van der Waals surface area contributed by atoms with Crippen molar-refractivity contribution in [1.29, 1.82) is 0 Å². The number of nitrogens with zero attached hydrogens (tertiary/aromatic N) is 3. The second-order valence-corrected chi connectivity index (χ2v) is 8.35. The van der Waals surface area contributed by atoms with Gasteiger partial charge in [0.05, 0.1) is 4.90 Å². The predicted molar refractivity (Wildman–Crippen MR) is 95.1 cm³/mol. The highest BCUT2D eigenvalue weighted by atomic mass is 35.5. The van der Waals surface area contributed by atoms with Crippen LogP contribution in [-0.2, 0) is 21.4 Å². The van der Waals surface area contributed by atoms with E-state index in [4.69, 9.17) is 11.6 Å². The fourth-order valence-corrected chi connectivity index (χ4v) is 4.34. The van der Waals surface area contributed by atoms with E-state index in [2.05, 4.69) is 0 Å². The van der Waals surface area contributed by atoms with Crippen molar-refractivity contribution >= 4 is 27.5 Å². The minimum Gasteiger partial charge on any atom is -0.503 e. The van der Waals surface area contributed by atoms with E-state index in [0.717, 1.165) is 0 Å². The topological polar surface area (TPSA) is 81.8 Å². The molecule has 0 radical (unpaired) electrons. The number of piperazine rings is 1. The highest BCUT2D eigenvalue weighted by molar-refractivity contribution is 7.89. The Morgan fingerprint density at radius 2 is 1.77 bits per heavy atom. The van der Waals surface area contributed by atoms with Crippen LogP contribution >= 0.6 is 11.6 Å². The molecule has 2 heterocycles. The number of aromatic nitrogens is 1. The van der Waals surface area contributed by atoms with Crippen LogP contribution in [0.2, 0.25) is 5.02 Å². The van der Waals surface area contributed by atoms with Crippen molar-refractivity contribution in [2.24, 2.45) is 0 Å². The zero-order valence-electron chi connectivity index (χ0n) is 14.0. The third-order valence-corrected chi connectivity index (χ3v) is 6.37. The molecule has 1 amide bonds. The van der Waals surface area contributed by atoms with Crippen LogP contribution in [0, 0.1) is 0 Å². The third-order valence-electron chi connectivity index (χ3n) is 4.20. The maximum absolute atomic E-state index is 12.7. The number of sulfonamides is 1. The molecule has 1 aromatic carbocycles. The van der Waals surface area contributed by atoms with E-state index in [1.165, 1.54) is 28.7 Å². The van der Waals surface area contributed by atoms with Gasteiger partial charge < -0.3 is 10.0 Å². The van der Waals surface area contributed by atoms with Gasteiger partial charge in [-0.25, -0.2) is 8.42 Å². The summed E-state index contributed by atoms with van der Waals surface area (Å²) in [4.78, 5) is 14.2. The third kappa shape index (κ3) is 4.14. The monoisotopic (exact) mass is 396 g/mol. The molecule has 2 aromatic rings. The molecule has 7 nitrogen and oxygen atoms in total. The van der Waals surface area contributed by atoms with Gasteiger partial charge in [-0.05, 0) is 30.3 Å². The number of rotatable bonds is 4. The van der Waals surface area contributed by atoms with Crippen molar-refractivity contribution < 1.29 is 22.9 Å². The maximum Gasteiger partial charge on any atom is 0.288 e. The molecule has 1 fully saturated rings. The van der Waals surface area contributed by atoms with Gasteiger partial charge in [-0.1, -0.05) is 11.6 Å². The normalized spacial score (nSPS) is 15.8. The molecule has 138 valence electrons. The summed E-state index contributed by atoms with van der Waals surface area (Å²) in [6.07, 6.45) is 3.16. The van der Waals surface area contributed by atoms with Crippen molar-refractivity contribution in [1.82, 2.24) is 9.21 Å². The van der Waals surface area contributed by atoms with E-state index in [1.54, 1.807) is 33.9 Å². The number of aromatic hydroxyl groups is 1. The first-order valence-corrected chi connectivity index (χ1v) is 9.89. The van der Waals surface area contributed by atoms with Crippen molar-refractivity contribution in [3.05, 3.63) is 53.8 Å². The van der Waals surface area contributed by atoms with Gasteiger partial charge in [0.1, 0.15) is 0 Å². The van der Waals surface area contributed by atoms with Gasteiger partial charge in [0.2, 0.25) is 22.8 Å². The van der Waals surface area contributed by atoms with Gasteiger partial charge in [0.25, 0.3) is 5.91 Å². The minimum atomic E-state index is -3.59. The van der Waals surface area contributed by atoms with Gasteiger partial charge in [-0.15, -0.1) is 0 Å². The van der Waals surface area contributed by atoms with E-state index in [-0.39, 0.29) is 36.2 Å². The average Bonchev–Trinajstić information content (AvgIpc) is 2.62. The van der Waals surface area contributed by atoms with Crippen LogP contribution in [0.5, 0.6) is 5.75 Å². The Bertz CT molecular complexity index is 894. The first kappa shape index (κ1) is 18.6. The molecule has 0 bridgehead atoms. The first-order valence-electron chi connectivity index (χ1n) is 8.08. The molecule has 1 aliphatic rings. The summed E-state index contributed by atoms with van der Waals surface area (Å²) in [5, 5.41) is 9.93. The van der Waals surface area contributed by atoms with Crippen molar-refractivity contribution in [2.75, 3.05) is 26.2 Å². The Labute approximate surface area is 157 Å². The first-order chi connectivity index (χ1) is 12.4. The summed E-state index contributed by atoms with van der Waals surface area (Å²) in [6, 6.07) is 9.23. The zero-order chi connectivity index (χ0) is 18.7. The fraction of sp³-hybridized carbons (Fsp3) is 0.294. The van der Waals surface area contributed by atoms with Crippen molar-refractivity contribution in [3.63, 3.8) is 0 Å². The summed E-state index contributed by atoms with van der Waals surface area (Å²) >= 11 is 5.81. The lowest BCUT2D eigenvalue weighted by atomic mass is 10.3. The molecule has 1 aliphatic heterocycles. The van der Waals surface area contributed by atoms with Crippen LogP contribution in [0.1, 0.15) is 0 Å². The smallest absolute Gasteiger partial charge is 0.288 e. The van der Waals surface area contributed by atoms with Crippen LogP contribution in [0.3, 0.4) is 0 Å². The van der Waals surface area contributed by atoms with Gasteiger partial charge in [0.15, 0.2) is 11.9 Å². The second-order valence-electron chi connectivity index (χ2n) is 5.97. The molecule has 0 saturated carbocycles. The van der Waals surface area contributed by atoms with Gasteiger partial charge >= 0.3 is 0 Å². The van der Waals surface area contributed by atoms with Crippen LogP contribution in [-0.4, -0.2) is 54.8 Å². The second kappa shape index (κ2) is 7.61. The van der Waals surface area contributed by atoms with E-state index < -0.39 is 10.0 Å². The molecule has 0 atom stereocenters. The minimum absolute atomic E-state index is 0.0826. The summed E-state index contributed by atoms with van der Waals surface area (Å²) in [5.41, 5.74) is 0. The lowest BCUT2D eigenvalue weighted by molar-refractivity contribution is -0.685. The van der Waals surface area contributed by atoms with Crippen molar-refractivity contribution in [3.8, 4) is 5.75 Å². The zero-order valence-corrected chi connectivity index (χ0v) is 15.5. The largest absolute Gasteiger partial charge is 0.503 e. The van der Waals surface area contributed by atoms with Crippen LogP contribution < -0.4 is 4.57 Å². The molecule has 0 spiro atoms. The predicted octanol–water partition coefficient (Wildman–Crippen LogP) is 0.866. The molecular weight excluding hydrogens is 378 g/mol. The van der Waals surface area contributed by atoms with Crippen molar-refractivity contribution in [2.45, 2.75) is 11.4 Å². The fourth-order valence-electron chi connectivity index (χ4n) is 2.80. The maximum atomic E-state index is 12.7. The Hall–Kier alpha value is -2.16. The number of hydrogen-bond acceptors (Lipinski definition) is 4. The number of carbonyl (C=O) groups is 1. The number of halogens is 1. The highest BCUT2D eigenvalue weighted by Crippen LogP contribution is 2.19. The molecule has 9 heteroatoms. The molecule has 1 aromatic heterocycles. The Balaban J connectivity index is 1.61. The van der Waals surface area contributed by atoms with E-state index >= 15 is 0 Å². The quantitative estimate of drug-likeness (QED) is 0.777. The molecule has 0 unspecified atom stereocenters. The van der Waals surface area contributed by atoms with Crippen LogP contribution in [0.25, 0.3) is 0 Å². The Morgan fingerprint density at radius 1 is 1.12 bits per heavy atom. The van der Waals surface area contributed by atoms with Crippen LogP contribution in [0.15, 0.2) is 53.7 Å². The molecular formula is C17H19ClN3O4S+. The lowest BCUT2D eigenvalue weighted by Crippen LogP contribution is -2.53. The van der Waals surface area contributed by atoms with Crippen LogP contribution in [0.4, 0.5) is 0 Å². The summed E-state index contributed by atoms with van der Waals surface area (Å²) < 4.78 is 28.3. The standard InChI is InChI=1S/C17H18ClN3O4S/c18-14-3-5-16(6-4-14)26(24,25)21-10-8-20(9-11-21)17(23)13-19-7-1-2-15(22)12-19/h1-7,12H,8-11,13H2/p+1.